The lowest BCUT2D eigenvalue weighted by molar-refractivity contribution is -0.156. The third kappa shape index (κ3) is 5.29. The minimum absolute atomic E-state index is 0.0119. The van der Waals surface area contributed by atoms with Gasteiger partial charge in [-0.05, 0) is 36.1 Å². The van der Waals surface area contributed by atoms with Gasteiger partial charge in [0.05, 0.1) is 19.5 Å². The number of rotatable bonds is 7. The van der Waals surface area contributed by atoms with Crippen LogP contribution in [0.4, 0.5) is 0 Å². The zero-order chi connectivity index (χ0) is 24.2. The van der Waals surface area contributed by atoms with Crippen molar-refractivity contribution in [3.8, 4) is 0 Å². The molecule has 2 heterocycles. The monoisotopic (exact) mass is 475 g/mol. The van der Waals surface area contributed by atoms with E-state index in [4.69, 9.17) is 13.9 Å². The molecule has 0 spiro atoms. The molecule has 184 valence electrons. The second-order valence-electron chi connectivity index (χ2n) is 9.60. The molecule has 1 saturated carbocycles. The lowest BCUT2D eigenvalue weighted by atomic mass is 9.91. The van der Waals surface area contributed by atoms with Crippen molar-refractivity contribution in [1.82, 2.24) is 4.90 Å². The fourth-order valence-corrected chi connectivity index (χ4v) is 5.15. The Morgan fingerprint density at radius 2 is 1.80 bits per heavy atom. The van der Waals surface area contributed by atoms with Crippen molar-refractivity contribution in [3.63, 3.8) is 0 Å². The predicted octanol–water partition coefficient (Wildman–Crippen LogP) is 5.65. The molecule has 5 rings (SSSR count). The Labute approximate surface area is 206 Å². The summed E-state index contributed by atoms with van der Waals surface area (Å²) in [6.45, 7) is 0.368. The topological polar surface area (TPSA) is 72.1 Å². The maximum atomic E-state index is 13.5. The Morgan fingerprint density at radius 1 is 1.06 bits per heavy atom. The van der Waals surface area contributed by atoms with Crippen LogP contribution in [0.5, 0.6) is 0 Å². The van der Waals surface area contributed by atoms with Crippen LogP contribution >= 0.6 is 0 Å². The van der Waals surface area contributed by atoms with E-state index in [0.717, 1.165) is 53.3 Å². The van der Waals surface area contributed by atoms with Gasteiger partial charge in [-0.15, -0.1) is 0 Å². The second kappa shape index (κ2) is 10.7. The number of hydrogen-bond donors (Lipinski definition) is 1. The van der Waals surface area contributed by atoms with E-state index in [1.54, 1.807) is 6.26 Å². The van der Waals surface area contributed by atoms with E-state index in [0.29, 0.717) is 18.8 Å². The van der Waals surface area contributed by atoms with E-state index in [9.17, 15) is 9.90 Å². The van der Waals surface area contributed by atoms with Gasteiger partial charge >= 0.3 is 0 Å². The summed E-state index contributed by atoms with van der Waals surface area (Å²) in [4.78, 5) is 15.3. The largest absolute Gasteiger partial charge is 0.464 e. The number of ether oxygens (including phenoxy) is 2. The molecule has 35 heavy (non-hydrogen) atoms. The number of nitrogens with zero attached hydrogens (tertiary/aromatic N) is 1. The third-order valence-electron chi connectivity index (χ3n) is 7.26. The first-order chi connectivity index (χ1) is 17.1. The van der Waals surface area contributed by atoms with E-state index in [2.05, 4.69) is 0 Å². The zero-order valence-corrected chi connectivity index (χ0v) is 20.2. The molecule has 2 atom stereocenters. The van der Waals surface area contributed by atoms with Crippen LogP contribution in [0.1, 0.15) is 61.1 Å². The van der Waals surface area contributed by atoms with Gasteiger partial charge in [-0.1, -0.05) is 61.7 Å². The van der Waals surface area contributed by atoms with Crippen LogP contribution in [0.3, 0.4) is 0 Å². The molecule has 1 aromatic heterocycles. The SMILES string of the molecule is CN(C(=O)C1=C[C@@H](c2coc3ccccc23)C[C@@H](OCc2ccc(CO)cc2)O1)C1CCCCC1. The van der Waals surface area contributed by atoms with Crippen molar-refractivity contribution in [2.75, 3.05) is 7.05 Å². The quantitative estimate of drug-likeness (QED) is 0.478. The summed E-state index contributed by atoms with van der Waals surface area (Å²) < 4.78 is 18.1. The van der Waals surface area contributed by atoms with Gasteiger partial charge in [0, 0.05) is 36.4 Å². The lowest BCUT2D eigenvalue weighted by Gasteiger charge is -2.34. The van der Waals surface area contributed by atoms with E-state index in [1.807, 2.05) is 66.6 Å². The van der Waals surface area contributed by atoms with Gasteiger partial charge in [-0.25, -0.2) is 0 Å². The summed E-state index contributed by atoms with van der Waals surface area (Å²) in [5, 5.41) is 10.3. The van der Waals surface area contributed by atoms with Crippen LogP contribution in [-0.4, -0.2) is 35.3 Å². The molecule has 0 bridgehead atoms. The Morgan fingerprint density at radius 3 is 2.57 bits per heavy atom. The molecule has 0 saturated heterocycles. The first kappa shape index (κ1) is 23.6. The molecule has 1 aliphatic heterocycles. The van der Waals surface area contributed by atoms with Gasteiger partial charge < -0.3 is 23.9 Å². The molecule has 1 aliphatic carbocycles. The standard InChI is InChI=1S/C29H33NO5/c1-30(23-7-3-2-4-8-23)29(32)27-15-22(25-19-33-26-10-6-5-9-24(25)26)16-28(35-27)34-18-21-13-11-20(17-31)12-14-21/h5-6,9-15,19,22-23,28,31H,2-4,7-8,16-18H2,1H3/t22-,28+/m1/s1. The highest BCUT2D eigenvalue weighted by atomic mass is 16.7. The molecule has 1 N–H and O–H groups in total. The number of likely N-dealkylation sites (N-methyl/N-ethyl adjacent to an activating group) is 1. The van der Waals surface area contributed by atoms with Gasteiger partial charge in [0.1, 0.15) is 5.58 Å². The van der Waals surface area contributed by atoms with Crippen LogP contribution in [0.2, 0.25) is 0 Å². The van der Waals surface area contributed by atoms with Crippen molar-refractivity contribution in [1.29, 1.82) is 0 Å². The number of carbonyl (C=O) groups is 1. The number of furan rings is 1. The summed E-state index contributed by atoms with van der Waals surface area (Å²) in [6.07, 6.45) is 9.38. The molecule has 2 aliphatic rings. The summed E-state index contributed by atoms with van der Waals surface area (Å²) in [6, 6.07) is 15.8. The van der Waals surface area contributed by atoms with Gasteiger partial charge in [0.2, 0.25) is 6.29 Å². The third-order valence-corrected chi connectivity index (χ3v) is 7.26. The zero-order valence-electron chi connectivity index (χ0n) is 20.2. The minimum Gasteiger partial charge on any atom is -0.464 e. The number of aliphatic hydroxyl groups is 1. The maximum absolute atomic E-state index is 13.5. The number of allylic oxidation sites excluding steroid dienone is 1. The van der Waals surface area contributed by atoms with Gasteiger partial charge in [-0.2, -0.15) is 0 Å². The Kier molecular flexibility index (Phi) is 7.21. The molecular weight excluding hydrogens is 442 g/mol. The highest BCUT2D eigenvalue weighted by molar-refractivity contribution is 5.92. The molecule has 3 aromatic rings. The number of amides is 1. The van der Waals surface area contributed by atoms with Crippen LogP contribution in [0, 0.1) is 0 Å². The van der Waals surface area contributed by atoms with Crippen LogP contribution < -0.4 is 0 Å². The number of hydrogen-bond acceptors (Lipinski definition) is 5. The van der Waals surface area contributed by atoms with E-state index >= 15 is 0 Å². The minimum atomic E-state index is -0.560. The molecule has 1 amide bonds. The fourth-order valence-electron chi connectivity index (χ4n) is 5.15. The Balaban J connectivity index is 1.38. The fraction of sp³-hybridized carbons (Fsp3) is 0.414. The molecule has 0 unspecified atom stereocenters. The summed E-state index contributed by atoms with van der Waals surface area (Å²) in [7, 11) is 1.89. The van der Waals surface area contributed by atoms with Crippen LogP contribution in [0.25, 0.3) is 11.0 Å². The van der Waals surface area contributed by atoms with E-state index < -0.39 is 6.29 Å². The second-order valence-corrected chi connectivity index (χ2v) is 9.60. The van der Waals surface area contributed by atoms with Crippen molar-refractivity contribution in [2.24, 2.45) is 0 Å². The predicted molar refractivity (Wildman–Crippen MR) is 133 cm³/mol. The van der Waals surface area contributed by atoms with Gasteiger partial charge in [0.15, 0.2) is 5.76 Å². The molecule has 2 aromatic carbocycles. The van der Waals surface area contributed by atoms with Gasteiger partial charge in [-0.3, -0.25) is 4.79 Å². The average molecular weight is 476 g/mol. The Bertz CT molecular complexity index is 1180. The number of carbonyl (C=O) groups excluding carboxylic acids is 1. The van der Waals surface area contributed by atoms with Crippen LogP contribution in [0.15, 0.2) is 71.0 Å². The first-order valence-corrected chi connectivity index (χ1v) is 12.5. The number of fused-ring (bicyclic) bond motifs is 1. The van der Waals surface area contributed by atoms with Crippen molar-refractivity contribution >= 4 is 16.9 Å². The van der Waals surface area contributed by atoms with Crippen molar-refractivity contribution < 1.29 is 23.8 Å². The number of aliphatic hydroxyl groups excluding tert-OH is 1. The van der Waals surface area contributed by atoms with Crippen molar-refractivity contribution in [3.05, 3.63) is 83.3 Å². The summed E-state index contributed by atoms with van der Waals surface area (Å²) >= 11 is 0. The lowest BCUT2D eigenvalue weighted by Crippen LogP contribution is -2.41. The normalized spacial score (nSPS) is 20.9. The number of para-hydroxylation sites is 1. The first-order valence-electron chi connectivity index (χ1n) is 12.5. The molecule has 6 nitrogen and oxygen atoms in total. The van der Waals surface area contributed by atoms with Crippen LogP contribution in [-0.2, 0) is 27.5 Å². The highest BCUT2D eigenvalue weighted by Crippen LogP contribution is 2.37. The van der Waals surface area contributed by atoms with Gasteiger partial charge in [0.25, 0.3) is 5.91 Å². The van der Waals surface area contributed by atoms with E-state index in [-0.39, 0.29) is 24.5 Å². The Hall–Kier alpha value is -3.09. The summed E-state index contributed by atoms with van der Waals surface area (Å²) in [5.41, 5.74) is 3.71. The molecule has 1 fully saturated rings. The summed E-state index contributed by atoms with van der Waals surface area (Å²) in [5.74, 6) is 0.198. The maximum Gasteiger partial charge on any atom is 0.288 e. The smallest absolute Gasteiger partial charge is 0.288 e. The molecule has 0 radical (unpaired) electrons. The molecule has 6 heteroatoms. The average Bonchev–Trinajstić information content (AvgIpc) is 3.36. The van der Waals surface area contributed by atoms with Crippen molar-refractivity contribution in [2.45, 2.75) is 70.0 Å². The highest BCUT2D eigenvalue weighted by Gasteiger charge is 2.33. The molecular formula is C29H33NO5. The van der Waals surface area contributed by atoms with E-state index in [1.165, 1.54) is 6.42 Å². The number of benzene rings is 2.